The van der Waals surface area contributed by atoms with Gasteiger partial charge in [-0.3, -0.25) is 4.79 Å². The van der Waals surface area contributed by atoms with Crippen molar-refractivity contribution in [2.45, 2.75) is 33.4 Å². The highest BCUT2D eigenvalue weighted by Gasteiger charge is 2.17. The lowest BCUT2D eigenvalue weighted by molar-refractivity contribution is -0.127. The van der Waals surface area contributed by atoms with Crippen LogP contribution in [-0.4, -0.2) is 18.8 Å². The van der Waals surface area contributed by atoms with E-state index in [1.54, 1.807) is 6.92 Å². The summed E-state index contributed by atoms with van der Waals surface area (Å²) < 4.78 is 16.4. The van der Waals surface area contributed by atoms with E-state index in [0.29, 0.717) is 12.3 Å². The quantitative estimate of drug-likeness (QED) is 0.917. The van der Waals surface area contributed by atoms with Gasteiger partial charge in [-0.1, -0.05) is 18.2 Å². The largest absolute Gasteiger partial charge is 0.481 e. The smallest absolute Gasteiger partial charge is 0.261 e. The van der Waals surface area contributed by atoms with Crippen molar-refractivity contribution in [2.75, 3.05) is 6.79 Å². The Morgan fingerprint density at radius 3 is 2.83 bits per heavy atom. The number of carbonyl (C=O) groups excluding carboxylic acids is 1. The summed E-state index contributed by atoms with van der Waals surface area (Å²) in [5.74, 6) is 2.02. The Balaban J connectivity index is 1.57. The van der Waals surface area contributed by atoms with Crippen molar-refractivity contribution in [2.24, 2.45) is 0 Å². The third-order valence-corrected chi connectivity index (χ3v) is 4.13. The van der Waals surface area contributed by atoms with Gasteiger partial charge in [0.1, 0.15) is 5.75 Å². The predicted octanol–water partition coefficient (Wildman–Crippen LogP) is 3.12. The number of carbonyl (C=O) groups is 1. The van der Waals surface area contributed by atoms with E-state index in [-0.39, 0.29) is 12.7 Å². The van der Waals surface area contributed by atoms with Gasteiger partial charge in [0.05, 0.1) is 0 Å². The Labute approximate surface area is 141 Å². The zero-order valence-corrected chi connectivity index (χ0v) is 14.1. The standard InChI is InChI=1S/C19H21NO4/c1-12-5-4-6-16(13(12)2)24-14(3)19(21)20-10-15-7-8-17-18(9-15)23-11-22-17/h4-9,14H,10-11H2,1-3H3,(H,20,21)/t14-/m0/s1. The Morgan fingerprint density at radius 2 is 2.00 bits per heavy atom. The van der Waals surface area contributed by atoms with E-state index < -0.39 is 6.10 Å². The molecule has 0 saturated heterocycles. The first-order valence-electron chi connectivity index (χ1n) is 7.93. The maximum atomic E-state index is 12.3. The maximum Gasteiger partial charge on any atom is 0.261 e. The number of benzene rings is 2. The molecule has 1 aliphatic rings. The van der Waals surface area contributed by atoms with E-state index in [0.717, 1.165) is 28.2 Å². The molecule has 126 valence electrons. The molecule has 0 radical (unpaired) electrons. The summed E-state index contributed by atoms with van der Waals surface area (Å²) in [6, 6.07) is 11.5. The first kappa shape index (κ1) is 16.2. The van der Waals surface area contributed by atoms with Gasteiger partial charge in [-0.25, -0.2) is 0 Å². The minimum Gasteiger partial charge on any atom is -0.481 e. The van der Waals surface area contributed by atoms with Crippen LogP contribution in [0.15, 0.2) is 36.4 Å². The number of ether oxygens (including phenoxy) is 3. The lowest BCUT2D eigenvalue weighted by Crippen LogP contribution is -2.36. The topological polar surface area (TPSA) is 56.8 Å². The Morgan fingerprint density at radius 1 is 1.21 bits per heavy atom. The summed E-state index contributed by atoms with van der Waals surface area (Å²) in [5.41, 5.74) is 3.14. The molecule has 2 aromatic carbocycles. The number of hydrogen-bond donors (Lipinski definition) is 1. The van der Waals surface area contributed by atoms with Gasteiger partial charge in [0.15, 0.2) is 17.6 Å². The summed E-state index contributed by atoms with van der Waals surface area (Å²) in [7, 11) is 0. The number of rotatable bonds is 5. The minimum absolute atomic E-state index is 0.159. The molecule has 0 aliphatic carbocycles. The zero-order valence-electron chi connectivity index (χ0n) is 14.1. The van der Waals surface area contributed by atoms with Crippen molar-refractivity contribution in [3.05, 3.63) is 53.1 Å². The summed E-state index contributed by atoms with van der Waals surface area (Å²) in [5, 5.41) is 2.88. The van der Waals surface area contributed by atoms with Crippen LogP contribution < -0.4 is 19.5 Å². The van der Waals surface area contributed by atoms with Crippen molar-refractivity contribution in [1.82, 2.24) is 5.32 Å². The second-order valence-corrected chi connectivity index (χ2v) is 5.86. The van der Waals surface area contributed by atoms with Crippen LogP contribution in [0.25, 0.3) is 0 Å². The lowest BCUT2D eigenvalue weighted by Gasteiger charge is -2.17. The third-order valence-electron chi connectivity index (χ3n) is 4.13. The summed E-state index contributed by atoms with van der Waals surface area (Å²) in [6.45, 7) is 6.41. The predicted molar refractivity (Wildman–Crippen MR) is 90.4 cm³/mol. The Hall–Kier alpha value is -2.69. The maximum absolute atomic E-state index is 12.3. The molecule has 5 nitrogen and oxygen atoms in total. The van der Waals surface area contributed by atoms with Crippen LogP contribution in [0.3, 0.4) is 0 Å². The first-order valence-corrected chi connectivity index (χ1v) is 7.93. The van der Waals surface area contributed by atoms with Crippen LogP contribution in [0.4, 0.5) is 0 Å². The van der Waals surface area contributed by atoms with E-state index in [1.165, 1.54) is 0 Å². The molecule has 2 aromatic rings. The van der Waals surface area contributed by atoms with Crippen LogP contribution in [0, 0.1) is 13.8 Å². The molecule has 1 N–H and O–H groups in total. The molecule has 0 unspecified atom stereocenters. The van der Waals surface area contributed by atoms with Gasteiger partial charge in [-0.2, -0.15) is 0 Å². The Bertz CT molecular complexity index is 757. The molecule has 1 heterocycles. The van der Waals surface area contributed by atoms with Gasteiger partial charge >= 0.3 is 0 Å². The van der Waals surface area contributed by atoms with Gasteiger partial charge in [0.25, 0.3) is 5.91 Å². The van der Waals surface area contributed by atoms with Crippen LogP contribution in [0.1, 0.15) is 23.6 Å². The average molecular weight is 327 g/mol. The van der Waals surface area contributed by atoms with E-state index in [2.05, 4.69) is 5.32 Å². The summed E-state index contributed by atoms with van der Waals surface area (Å²) >= 11 is 0. The van der Waals surface area contributed by atoms with Gasteiger partial charge in [0, 0.05) is 6.54 Å². The van der Waals surface area contributed by atoms with Crippen LogP contribution in [0.2, 0.25) is 0 Å². The summed E-state index contributed by atoms with van der Waals surface area (Å²) in [6.07, 6.45) is -0.570. The minimum atomic E-state index is -0.570. The van der Waals surface area contributed by atoms with Gasteiger partial charge in [0.2, 0.25) is 6.79 Å². The van der Waals surface area contributed by atoms with Crippen LogP contribution in [0.5, 0.6) is 17.2 Å². The van der Waals surface area contributed by atoms with Crippen molar-refractivity contribution in [1.29, 1.82) is 0 Å². The monoisotopic (exact) mass is 327 g/mol. The van der Waals surface area contributed by atoms with Gasteiger partial charge in [-0.05, 0) is 55.7 Å². The second-order valence-electron chi connectivity index (χ2n) is 5.86. The van der Waals surface area contributed by atoms with Crippen molar-refractivity contribution >= 4 is 5.91 Å². The molecular weight excluding hydrogens is 306 g/mol. The number of nitrogens with one attached hydrogen (secondary N) is 1. The van der Waals surface area contributed by atoms with E-state index in [4.69, 9.17) is 14.2 Å². The molecule has 1 aliphatic heterocycles. The molecule has 1 amide bonds. The van der Waals surface area contributed by atoms with Crippen LogP contribution >= 0.6 is 0 Å². The Kier molecular flexibility index (Phi) is 4.60. The normalized spacial score (nSPS) is 13.5. The number of fused-ring (bicyclic) bond motifs is 1. The van der Waals surface area contributed by atoms with E-state index >= 15 is 0 Å². The van der Waals surface area contributed by atoms with Gasteiger partial charge in [-0.15, -0.1) is 0 Å². The average Bonchev–Trinajstić information content (AvgIpc) is 3.04. The lowest BCUT2D eigenvalue weighted by atomic mass is 10.1. The fourth-order valence-corrected chi connectivity index (χ4v) is 2.48. The highest BCUT2D eigenvalue weighted by Crippen LogP contribution is 2.32. The highest BCUT2D eigenvalue weighted by molar-refractivity contribution is 5.80. The number of aryl methyl sites for hydroxylation is 1. The molecule has 0 bridgehead atoms. The first-order chi connectivity index (χ1) is 11.5. The van der Waals surface area contributed by atoms with Crippen molar-refractivity contribution in [3.63, 3.8) is 0 Å². The second kappa shape index (κ2) is 6.83. The molecule has 1 atom stereocenters. The molecule has 5 heteroatoms. The van der Waals surface area contributed by atoms with Crippen molar-refractivity contribution in [3.8, 4) is 17.2 Å². The number of amides is 1. The molecule has 0 spiro atoms. The molecule has 0 fully saturated rings. The highest BCUT2D eigenvalue weighted by atomic mass is 16.7. The molecule has 0 aromatic heterocycles. The number of hydrogen-bond acceptors (Lipinski definition) is 4. The fraction of sp³-hybridized carbons (Fsp3) is 0.316. The molecule has 24 heavy (non-hydrogen) atoms. The van der Waals surface area contributed by atoms with Gasteiger partial charge < -0.3 is 19.5 Å². The molecule has 3 rings (SSSR count). The van der Waals surface area contributed by atoms with Crippen LogP contribution in [-0.2, 0) is 11.3 Å². The molecular formula is C19H21NO4. The van der Waals surface area contributed by atoms with E-state index in [1.807, 2.05) is 50.2 Å². The van der Waals surface area contributed by atoms with E-state index in [9.17, 15) is 4.79 Å². The van der Waals surface area contributed by atoms with Crippen molar-refractivity contribution < 1.29 is 19.0 Å². The third kappa shape index (κ3) is 3.45. The summed E-state index contributed by atoms with van der Waals surface area (Å²) in [4.78, 5) is 12.3. The fourth-order valence-electron chi connectivity index (χ4n) is 2.48. The SMILES string of the molecule is Cc1cccc(O[C@@H](C)C(=O)NCc2ccc3c(c2)OCO3)c1C. The zero-order chi connectivity index (χ0) is 17.1. The molecule has 0 saturated carbocycles.